The van der Waals surface area contributed by atoms with Crippen molar-refractivity contribution < 1.29 is 9.66 Å². The smallest absolute Gasteiger partial charge is 0.272 e. The maximum absolute atomic E-state index is 10.8. The quantitative estimate of drug-likeness (QED) is 0.489. The molecule has 0 unspecified atom stereocenters. The first-order valence-electron chi connectivity index (χ1n) is 5.82. The van der Waals surface area contributed by atoms with Crippen molar-refractivity contribution in [2.45, 2.75) is 20.8 Å². The number of hydrogen-bond donors (Lipinski definition) is 0. The molecule has 0 aliphatic heterocycles. The van der Waals surface area contributed by atoms with Gasteiger partial charge < -0.3 is 4.74 Å². The van der Waals surface area contributed by atoms with E-state index in [1.54, 1.807) is 26.8 Å². The molecule has 1 aromatic heterocycles. The van der Waals surface area contributed by atoms with Gasteiger partial charge in [0.1, 0.15) is 16.7 Å². The molecule has 0 fully saturated rings. The number of nitro benzene ring substituents is 1. The van der Waals surface area contributed by atoms with E-state index in [-0.39, 0.29) is 5.69 Å². The van der Waals surface area contributed by atoms with Crippen LogP contribution in [0.4, 0.5) is 5.69 Å². The van der Waals surface area contributed by atoms with Gasteiger partial charge in [0.05, 0.1) is 4.92 Å². The molecular weight excluding hydrogens is 282 g/mol. The fraction of sp³-hybridized carbons (Fsp3) is 0.231. The molecule has 7 heteroatoms. The zero-order valence-electron chi connectivity index (χ0n) is 11.2. The van der Waals surface area contributed by atoms with Crippen molar-refractivity contribution >= 4 is 17.3 Å². The van der Waals surface area contributed by atoms with Crippen molar-refractivity contribution in [1.29, 1.82) is 0 Å². The first-order chi connectivity index (χ1) is 9.38. The van der Waals surface area contributed by atoms with Crippen LogP contribution < -0.4 is 4.74 Å². The Balaban J connectivity index is 2.36. The molecule has 0 aliphatic carbocycles. The molecule has 0 amide bonds. The molecule has 0 spiro atoms. The van der Waals surface area contributed by atoms with E-state index >= 15 is 0 Å². The molecule has 0 N–H and O–H groups in total. The van der Waals surface area contributed by atoms with Crippen LogP contribution in [0.2, 0.25) is 5.15 Å². The standard InChI is InChI=1S/C13H12ClN3O3/c1-7-6-10(4-5-11(7)17(18)19)20-13-8(2)12(14)15-9(3)16-13/h4-6H,1-3H3. The lowest BCUT2D eigenvalue weighted by atomic mass is 10.2. The first kappa shape index (κ1) is 14.2. The van der Waals surface area contributed by atoms with E-state index in [0.29, 0.717) is 33.7 Å². The Morgan fingerprint density at radius 2 is 1.95 bits per heavy atom. The average Bonchev–Trinajstić information content (AvgIpc) is 2.35. The maximum Gasteiger partial charge on any atom is 0.272 e. The van der Waals surface area contributed by atoms with Crippen molar-refractivity contribution in [2.24, 2.45) is 0 Å². The summed E-state index contributed by atoms with van der Waals surface area (Å²) in [6.45, 7) is 5.10. The number of hydrogen-bond acceptors (Lipinski definition) is 5. The molecule has 104 valence electrons. The summed E-state index contributed by atoms with van der Waals surface area (Å²) < 4.78 is 5.63. The lowest BCUT2D eigenvalue weighted by Gasteiger charge is -2.09. The van der Waals surface area contributed by atoms with Crippen molar-refractivity contribution in [3.8, 4) is 11.6 Å². The molecular formula is C13H12ClN3O3. The summed E-state index contributed by atoms with van der Waals surface area (Å²) in [6, 6.07) is 4.51. The van der Waals surface area contributed by atoms with Crippen molar-refractivity contribution in [3.63, 3.8) is 0 Å². The normalized spacial score (nSPS) is 10.4. The minimum Gasteiger partial charge on any atom is -0.439 e. The molecule has 0 aliphatic rings. The van der Waals surface area contributed by atoms with E-state index in [0.717, 1.165) is 0 Å². The molecule has 0 bridgehead atoms. The number of nitro groups is 1. The largest absolute Gasteiger partial charge is 0.439 e. The van der Waals surface area contributed by atoms with Gasteiger partial charge in [-0.3, -0.25) is 10.1 Å². The van der Waals surface area contributed by atoms with Crippen molar-refractivity contribution in [3.05, 3.63) is 50.4 Å². The molecule has 1 heterocycles. The van der Waals surface area contributed by atoms with E-state index in [9.17, 15) is 10.1 Å². The number of nitrogens with zero attached hydrogens (tertiary/aromatic N) is 3. The molecule has 20 heavy (non-hydrogen) atoms. The third-order valence-electron chi connectivity index (χ3n) is 2.73. The zero-order valence-corrected chi connectivity index (χ0v) is 11.9. The van der Waals surface area contributed by atoms with Gasteiger partial charge in [-0.25, -0.2) is 4.98 Å². The second kappa shape index (κ2) is 5.42. The Kier molecular flexibility index (Phi) is 3.85. The highest BCUT2D eigenvalue weighted by Crippen LogP contribution is 2.29. The topological polar surface area (TPSA) is 78.2 Å². The van der Waals surface area contributed by atoms with Gasteiger partial charge in [0.2, 0.25) is 5.88 Å². The summed E-state index contributed by atoms with van der Waals surface area (Å²) in [5.74, 6) is 1.30. The van der Waals surface area contributed by atoms with Crippen LogP contribution >= 0.6 is 11.6 Å². The number of aromatic nitrogens is 2. The predicted molar refractivity (Wildman–Crippen MR) is 74.4 cm³/mol. The Labute approximate surface area is 120 Å². The van der Waals surface area contributed by atoms with Gasteiger partial charge in [0, 0.05) is 17.2 Å². The highest BCUT2D eigenvalue weighted by molar-refractivity contribution is 6.30. The predicted octanol–water partition coefficient (Wildman–Crippen LogP) is 3.76. The van der Waals surface area contributed by atoms with Crippen LogP contribution in [0.5, 0.6) is 11.6 Å². The van der Waals surface area contributed by atoms with Crippen LogP contribution in [0.15, 0.2) is 18.2 Å². The van der Waals surface area contributed by atoms with Gasteiger partial charge >= 0.3 is 0 Å². The molecule has 1 aromatic carbocycles. The van der Waals surface area contributed by atoms with E-state index < -0.39 is 4.92 Å². The summed E-state index contributed by atoms with van der Waals surface area (Å²) in [5.41, 5.74) is 1.18. The lowest BCUT2D eigenvalue weighted by Crippen LogP contribution is -1.98. The second-order valence-electron chi connectivity index (χ2n) is 4.30. The minimum absolute atomic E-state index is 0.0472. The summed E-state index contributed by atoms with van der Waals surface area (Å²) in [7, 11) is 0. The highest BCUT2D eigenvalue weighted by Gasteiger charge is 2.13. The van der Waals surface area contributed by atoms with Crippen molar-refractivity contribution in [2.75, 3.05) is 0 Å². The van der Waals surface area contributed by atoms with Crippen LogP contribution in [-0.2, 0) is 0 Å². The Bertz CT molecular complexity index is 689. The zero-order chi connectivity index (χ0) is 14.9. The van der Waals surface area contributed by atoms with Crippen LogP contribution in [0.25, 0.3) is 0 Å². The lowest BCUT2D eigenvalue weighted by molar-refractivity contribution is -0.385. The molecule has 0 saturated carbocycles. The Morgan fingerprint density at radius 1 is 1.25 bits per heavy atom. The number of rotatable bonds is 3. The van der Waals surface area contributed by atoms with Crippen LogP contribution in [0.1, 0.15) is 17.0 Å². The van der Waals surface area contributed by atoms with Gasteiger partial charge in [-0.15, -0.1) is 0 Å². The minimum atomic E-state index is -0.434. The third kappa shape index (κ3) is 2.85. The highest BCUT2D eigenvalue weighted by atomic mass is 35.5. The van der Waals surface area contributed by atoms with Gasteiger partial charge in [-0.05, 0) is 32.9 Å². The van der Waals surface area contributed by atoms with E-state index in [1.807, 2.05) is 0 Å². The first-order valence-corrected chi connectivity index (χ1v) is 6.20. The summed E-state index contributed by atoms with van der Waals surface area (Å²) in [6.07, 6.45) is 0. The molecule has 2 aromatic rings. The van der Waals surface area contributed by atoms with Gasteiger partial charge in [0.25, 0.3) is 5.69 Å². The van der Waals surface area contributed by atoms with Crippen LogP contribution in [0.3, 0.4) is 0 Å². The molecule has 0 saturated heterocycles. The monoisotopic (exact) mass is 293 g/mol. The summed E-state index contributed by atoms with van der Waals surface area (Å²) >= 11 is 5.96. The third-order valence-corrected chi connectivity index (χ3v) is 3.10. The number of ether oxygens (including phenoxy) is 1. The van der Waals surface area contributed by atoms with Gasteiger partial charge in [-0.1, -0.05) is 11.6 Å². The number of halogens is 1. The van der Waals surface area contributed by atoms with Gasteiger partial charge in [0.15, 0.2) is 0 Å². The van der Waals surface area contributed by atoms with E-state index in [4.69, 9.17) is 16.3 Å². The fourth-order valence-corrected chi connectivity index (χ4v) is 1.88. The van der Waals surface area contributed by atoms with Crippen LogP contribution in [0, 0.1) is 30.9 Å². The number of benzene rings is 1. The molecule has 6 nitrogen and oxygen atoms in total. The maximum atomic E-state index is 10.8. The molecule has 0 radical (unpaired) electrons. The Hall–Kier alpha value is -2.21. The fourth-order valence-electron chi connectivity index (χ4n) is 1.68. The van der Waals surface area contributed by atoms with E-state index in [2.05, 4.69) is 9.97 Å². The SMILES string of the molecule is Cc1nc(Cl)c(C)c(Oc2ccc([N+](=O)[O-])c(C)c2)n1. The summed E-state index contributed by atoms with van der Waals surface area (Å²) in [4.78, 5) is 18.5. The van der Waals surface area contributed by atoms with E-state index in [1.165, 1.54) is 12.1 Å². The second-order valence-corrected chi connectivity index (χ2v) is 4.66. The number of aryl methyl sites for hydroxylation is 2. The Morgan fingerprint density at radius 3 is 2.55 bits per heavy atom. The summed E-state index contributed by atoms with van der Waals surface area (Å²) in [5, 5.41) is 11.1. The van der Waals surface area contributed by atoms with Crippen molar-refractivity contribution in [1.82, 2.24) is 9.97 Å². The van der Waals surface area contributed by atoms with Crippen LogP contribution in [-0.4, -0.2) is 14.9 Å². The molecule has 0 atom stereocenters. The molecule has 2 rings (SSSR count). The average molecular weight is 294 g/mol. The van der Waals surface area contributed by atoms with Gasteiger partial charge in [-0.2, -0.15) is 4.98 Å².